The maximum Gasteiger partial charge on any atom is 0.229 e. The Bertz CT molecular complexity index is 357. The van der Waals surface area contributed by atoms with E-state index in [2.05, 4.69) is 5.32 Å². The van der Waals surface area contributed by atoms with Crippen molar-refractivity contribution in [1.29, 1.82) is 0 Å². The molecule has 0 aromatic heterocycles. The molecule has 1 aromatic rings. The van der Waals surface area contributed by atoms with Crippen LogP contribution in [0.1, 0.15) is 13.3 Å². The van der Waals surface area contributed by atoms with Gasteiger partial charge in [0.25, 0.3) is 0 Å². The Hall–Kier alpha value is -0.870. The van der Waals surface area contributed by atoms with E-state index in [0.29, 0.717) is 17.4 Å². The second-order valence-corrected chi connectivity index (χ2v) is 5.25. The highest BCUT2D eigenvalue weighted by Crippen LogP contribution is 2.15. The monoisotopic (exact) mass is 287 g/mol. The lowest BCUT2D eigenvalue weighted by Crippen LogP contribution is -2.26. The largest absolute Gasteiger partial charge is 0.493 e. The average molecular weight is 288 g/mol. The molecule has 0 radical (unpaired) electrons. The van der Waals surface area contributed by atoms with E-state index in [1.165, 1.54) is 0 Å². The fraction of sp³-hybridized carbons (Fsp3) is 0.462. The van der Waals surface area contributed by atoms with Crippen molar-refractivity contribution in [1.82, 2.24) is 5.32 Å². The highest BCUT2D eigenvalue weighted by atomic mass is 35.5. The van der Waals surface area contributed by atoms with E-state index in [9.17, 15) is 4.79 Å². The molecule has 0 aliphatic heterocycles. The lowest BCUT2D eigenvalue weighted by atomic mass is 10.3. The number of rotatable bonds is 8. The molecule has 1 N–H and O–H groups in total. The first kappa shape index (κ1) is 15.2. The molecule has 0 bridgehead atoms. The van der Waals surface area contributed by atoms with Crippen molar-refractivity contribution in [2.45, 2.75) is 13.3 Å². The molecular weight excluding hydrogens is 270 g/mol. The van der Waals surface area contributed by atoms with Gasteiger partial charge in [0.1, 0.15) is 5.75 Å². The summed E-state index contributed by atoms with van der Waals surface area (Å²) in [7, 11) is 0. The normalized spacial score (nSPS) is 10.1. The molecule has 0 atom stereocenters. The molecule has 1 amide bonds. The molecule has 0 aliphatic carbocycles. The third-order valence-corrected chi connectivity index (χ3v) is 3.29. The van der Waals surface area contributed by atoms with Crippen LogP contribution in [0.2, 0.25) is 5.02 Å². The van der Waals surface area contributed by atoms with E-state index in [1.54, 1.807) is 23.9 Å². The molecule has 0 aliphatic rings. The quantitative estimate of drug-likeness (QED) is 0.747. The summed E-state index contributed by atoms with van der Waals surface area (Å²) < 4.78 is 5.51. The summed E-state index contributed by atoms with van der Waals surface area (Å²) >= 11 is 7.34. The lowest BCUT2D eigenvalue weighted by molar-refractivity contribution is -0.118. The number of thioether (sulfide) groups is 1. The molecule has 0 unspecified atom stereocenters. The van der Waals surface area contributed by atoms with Crippen LogP contribution in [0, 0.1) is 0 Å². The molecule has 0 fully saturated rings. The molecule has 1 aromatic carbocycles. The van der Waals surface area contributed by atoms with Crippen molar-refractivity contribution in [2.75, 3.05) is 24.7 Å². The summed E-state index contributed by atoms with van der Waals surface area (Å²) in [5.74, 6) is 2.18. The summed E-state index contributed by atoms with van der Waals surface area (Å²) in [6.07, 6.45) is 0.968. The van der Waals surface area contributed by atoms with E-state index in [-0.39, 0.29) is 5.91 Å². The summed E-state index contributed by atoms with van der Waals surface area (Å²) in [4.78, 5) is 11.3. The van der Waals surface area contributed by atoms with Gasteiger partial charge in [0.15, 0.2) is 0 Å². The van der Waals surface area contributed by atoms with Gasteiger partial charge in [-0.1, -0.05) is 18.5 Å². The Labute approximate surface area is 117 Å². The van der Waals surface area contributed by atoms with Crippen LogP contribution in [0.25, 0.3) is 0 Å². The predicted octanol–water partition coefficient (Wildman–Crippen LogP) is 2.98. The smallest absolute Gasteiger partial charge is 0.229 e. The molecule has 0 spiro atoms. The highest BCUT2D eigenvalue weighted by Gasteiger charge is 2.00. The van der Waals surface area contributed by atoms with Gasteiger partial charge in [0.2, 0.25) is 5.91 Å². The Morgan fingerprint density at radius 3 is 2.78 bits per heavy atom. The molecule has 0 heterocycles. The van der Waals surface area contributed by atoms with Crippen molar-refractivity contribution in [3.05, 3.63) is 29.3 Å². The maximum atomic E-state index is 11.3. The van der Waals surface area contributed by atoms with Crippen molar-refractivity contribution in [3.8, 4) is 5.75 Å². The van der Waals surface area contributed by atoms with Gasteiger partial charge in [-0.3, -0.25) is 4.79 Å². The number of halogens is 1. The van der Waals surface area contributed by atoms with Gasteiger partial charge in [-0.15, -0.1) is 11.8 Å². The van der Waals surface area contributed by atoms with Crippen molar-refractivity contribution in [3.63, 3.8) is 0 Å². The lowest BCUT2D eigenvalue weighted by Gasteiger charge is -2.06. The Morgan fingerprint density at radius 1 is 1.39 bits per heavy atom. The number of hydrogen-bond acceptors (Lipinski definition) is 3. The zero-order valence-corrected chi connectivity index (χ0v) is 12.0. The SMILES string of the molecule is CCCNC(=O)CSCCOc1ccc(Cl)cc1. The first-order valence-corrected chi connectivity index (χ1v) is 7.48. The molecule has 0 saturated heterocycles. The molecule has 3 nitrogen and oxygen atoms in total. The first-order chi connectivity index (χ1) is 8.72. The Balaban J connectivity index is 2.05. The number of amides is 1. The Kier molecular flexibility index (Phi) is 7.69. The van der Waals surface area contributed by atoms with Crippen LogP contribution in [0.3, 0.4) is 0 Å². The number of nitrogens with one attached hydrogen (secondary N) is 1. The van der Waals surface area contributed by atoms with Crippen LogP contribution >= 0.6 is 23.4 Å². The number of carbonyl (C=O) groups is 1. The molecular formula is C13H18ClNO2S. The van der Waals surface area contributed by atoms with E-state index < -0.39 is 0 Å². The van der Waals surface area contributed by atoms with Crippen molar-refractivity contribution in [2.24, 2.45) is 0 Å². The molecule has 18 heavy (non-hydrogen) atoms. The molecule has 5 heteroatoms. The van der Waals surface area contributed by atoms with Crippen LogP contribution in [-0.2, 0) is 4.79 Å². The minimum atomic E-state index is 0.0911. The maximum absolute atomic E-state index is 11.3. The van der Waals surface area contributed by atoms with Gasteiger partial charge in [-0.2, -0.15) is 0 Å². The van der Waals surface area contributed by atoms with Crippen LogP contribution in [0.4, 0.5) is 0 Å². The zero-order chi connectivity index (χ0) is 13.2. The van der Waals surface area contributed by atoms with Gasteiger partial charge in [-0.25, -0.2) is 0 Å². The van der Waals surface area contributed by atoms with E-state index >= 15 is 0 Å². The summed E-state index contributed by atoms with van der Waals surface area (Å²) in [5.41, 5.74) is 0. The molecule has 1 rings (SSSR count). The summed E-state index contributed by atoms with van der Waals surface area (Å²) in [5, 5.41) is 3.53. The first-order valence-electron chi connectivity index (χ1n) is 5.95. The molecule has 0 saturated carbocycles. The van der Waals surface area contributed by atoms with Gasteiger partial charge in [0.05, 0.1) is 12.4 Å². The predicted molar refractivity (Wildman–Crippen MR) is 77.6 cm³/mol. The van der Waals surface area contributed by atoms with Crippen LogP contribution in [-0.4, -0.2) is 30.6 Å². The highest BCUT2D eigenvalue weighted by molar-refractivity contribution is 7.99. The van der Waals surface area contributed by atoms with Crippen LogP contribution in [0.15, 0.2) is 24.3 Å². The topological polar surface area (TPSA) is 38.3 Å². The third kappa shape index (κ3) is 6.77. The molecule has 100 valence electrons. The number of ether oxygens (including phenoxy) is 1. The fourth-order valence-electron chi connectivity index (χ4n) is 1.23. The summed E-state index contributed by atoms with van der Waals surface area (Å²) in [6, 6.07) is 7.26. The van der Waals surface area contributed by atoms with Gasteiger partial charge in [-0.05, 0) is 30.7 Å². The number of carbonyl (C=O) groups excluding carboxylic acids is 1. The van der Waals surface area contributed by atoms with Gasteiger partial charge < -0.3 is 10.1 Å². The second-order valence-electron chi connectivity index (χ2n) is 3.70. The van der Waals surface area contributed by atoms with E-state index in [4.69, 9.17) is 16.3 Å². The minimum Gasteiger partial charge on any atom is -0.493 e. The summed E-state index contributed by atoms with van der Waals surface area (Å²) in [6.45, 7) is 3.38. The third-order valence-electron chi connectivity index (χ3n) is 2.12. The standard InChI is InChI=1S/C13H18ClNO2S/c1-2-7-15-13(16)10-18-9-8-17-12-5-3-11(14)4-6-12/h3-6H,2,7-10H2,1H3,(H,15,16). The van der Waals surface area contributed by atoms with E-state index in [0.717, 1.165) is 24.5 Å². The van der Waals surface area contributed by atoms with Gasteiger partial charge >= 0.3 is 0 Å². The van der Waals surface area contributed by atoms with Crippen molar-refractivity contribution >= 4 is 29.3 Å². The second kappa shape index (κ2) is 9.11. The van der Waals surface area contributed by atoms with Crippen LogP contribution in [0.5, 0.6) is 5.75 Å². The minimum absolute atomic E-state index is 0.0911. The fourth-order valence-corrected chi connectivity index (χ4v) is 1.99. The van der Waals surface area contributed by atoms with Gasteiger partial charge in [0, 0.05) is 17.3 Å². The zero-order valence-electron chi connectivity index (χ0n) is 10.4. The van der Waals surface area contributed by atoms with E-state index in [1.807, 2.05) is 19.1 Å². The Morgan fingerprint density at radius 2 is 2.11 bits per heavy atom. The van der Waals surface area contributed by atoms with Crippen LogP contribution < -0.4 is 10.1 Å². The van der Waals surface area contributed by atoms with Crippen molar-refractivity contribution < 1.29 is 9.53 Å². The number of benzene rings is 1. The average Bonchev–Trinajstić information content (AvgIpc) is 2.38. The number of hydrogen-bond donors (Lipinski definition) is 1.